The third kappa shape index (κ3) is 3.37. The van der Waals surface area contributed by atoms with Crippen molar-refractivity contribution in [3.05, 3.63) is 0 Å². The molecule has 110 valence electrons. The van der Waals surface area contributed by atoms with Crippen LogP contribution in [0.15, 0.2) is 0 Å². The predicted octanol–water partition coefficient (Wildman–Crippen LogP) is 1.03. The maximum atomic E-state index is 12.5. The molecule has 0 aromatic carbocycles. The van der Waals surface area contributed by atoms with Crippen LogP contribution in [-0.2, 0) is 9.59 Å². The van der Waals surface area contributed by atoms with E-state index in [4.69, 9.17) is 10.8 Å². The van der Waals surface area contributed by atoms with Crippen molar-refractivity contribution < 1.29 is 27.9 Å². The van der Waals surface area contributed by atoms with Crippen LogP contribution in [0.3, 0.4) is 0 Å². The van der Waals surface area contributed by atoms with E-state index in [2.05, 4.69) is 5.32 Å². The molecule has 1 unspecified atom stereocenters. The average Bonchev–Trinajstić information content (AvgIpc) is 2.19. The number of nitrogens with one attached hydrogen (secondary N) is 1. The highest BCUT2D eigenvalue weighted by Crippen LogP contribution is 2.43. The van der Waals surface area contributed by atoms with Crippen LogP contribution in [0.25, 0.3) is 0 Å². The van der Waals surface area contributed by atoms with E-state index < -0.39 is 29.0 Å². The number of rotatable bonds is 5. The van der Waals surface area contributed by atoms with Gasteiger partial charge < -0.3 is 16.2 Å². The molecule has 19 heavy (non-hydrogen) atoms. The van der Waals surface area contributed by atoms with Crippen molar-refractivity contribution >= 4 is 11.9 Å². The Bertz CT molecular complexity index is 376. The SMILES string of the molecule is CC(N)(C(=O)NCC1(CC(=O)O)CCC1)C(F)(F)F. The third-order valence-corrected chi connectivity index (χ3v) is 3.62. The van der Waals surface area contributed by atoms with Gasteiger partial charge in [0.25, 0.3) is 0 Å². The zero-order valence-corrected chi connectivity index (χ0v) is 10.5. The lowest BCUT2D eigenvalue weighted by Crippen LogP contribution is -2.62. The molecule has 0 aliphatic heterocycles. The summed E-state index contributed by atoms with van der Waals surface area (Å²) in [5, 5.41) is 10.9. The predicted molar refractivity (Wildman–Crippen MR) is 60.2 cm³/mol. The van der Waals surface area contributed by atoms with Gasteiger partial charge in [0.05, 0.1) is 6.42 Å². The molecule has 1 fully saturated rings. The van der Waals surface area contributed by atoms with Gasteiger partial charge in [-0.15, -0.1) is 0 Å². The first-order valence-electron chi connectivity index (χ1n) is 5.86. The van der Waals surface area contributed by atoms with Gasteiger partial charge in [-0.05, 0) is 25.2 Å². The number of carbonyl (C=O) groups is 2. The quantitative estimate of drug-likeness (QED) is 0.702. The normalized spacial score (nSPS) is 21.1. The van der Waals surface area contributed by atoms with Crippen LogP contribution in [-0.4, -0.2) is 35.2 Å². The molecule has 1 rings (SSSR count). The van der Waals surface area contributed by atoms with Gasteiger partial charge >= 0.3 is 12.1 Å². The molecule has 0 heterocycles. The second-order valence-electron chi connectivity index (χ2n) is 5.31. The number of hydrogen-bond acceptors (Lipinski definition) is 3. The van der Waals surface area contributed by atoms with Crippen LogP contribution < -0.4 is 11.1 Å². The summed E-state index contributed by atoms with van der Waals surface area (Å²) in [6.07, 6.45) is -3.06. The van der Waals surface area contributed by atoms with E-state index >= 15 is 0 Å². The number of carboxylic acids is 1. The van der Waals surface area contributed by atoms with Crippen LogP contribution in [0.1, 0.15) is 32.6 Å². The minimum Gasteiger partial charge on any atom is -0.481 e. The molecule has 1 aliphatic rings. The van der Waals surface area contributed by atoms with Gasteiger partial charge in [-0.1, -0.05) is 6.42 Å². The first-order chi connectivity index (χ1) is 8.50. The molecule has 0 spiro atoms. The van der Waals surface area contributed by atoms with E-state index in [9.17, 15) is 22.8 Å². The molecule has 8 heteroatoms. The number of carboxylic acid groups (broad SMARTS) is 1. The van der Waals surface area contributed by atoms with Gasteiger partial charge in [-0.25, -0.2) is 0 Å². The molecule has 0 radical (unpaired) electrons. The number of nitrogens with two attached hydrogens (primary N) is 1. The zero-order valence-electron chi connectivity index (χ0n) is 10.5. The summed E-state index contributed by atoms with van der Waals surface area (Å²) in [4.78, 5) is 22.2. The summed E-state index contributed by atoms with van der Waals surface area (Å²) in [7, 11) is 0. The lowest BCUT2D eigenvalue weighted by Gasteiger charge is -2.41. The van der Waals surface area contributed by atoms with E-state index in [0.29, 0.717) is 19.8 Å². The molecule has 1 aliphatic carbocycles. The summed E-state index contributed by atoms with van der Waals surface area (Å²) >= 11 is 0. The highest BCUT2D eigenvalue weighted by atomic mass is 19.4. The Kier molecular flexibility index (Phi) is 4.14. The number of aliphatic carboxylic acids is 1. The summed E-state index contributed by atoms with van der Waals surface area (Å²) in [5.74, 6) is -2.36. The van der Waals surface area contributed by atoms with E-state index in [-0.39, 0.29) is 13.0 Å². The lowest BCUT2D eigenvalue weighted by atomic mass is 9.66. The van der Waals surface area contributed by atoms with Gasteiger partial charge in [-0.2, -0.15) is 13.2 Å². The largest absolute Gasteiger partial charge is 0.481 e. The van der Waals surface area contributed by atoms with Crippen molar-refractivity contribution in [2.75, 3.05) is 6.54 Å². The average molecular weight is 282 g/mol. The van der Waals surface area contributed by atoms with Crippen molar-refractivity contribution in [1.82, 2.24) is 5.32 Å². The summed E-state index contributed by atoms with van der Waals surface area (Å²) in [6.45, 7) is 0.494. The summed E-state index contributed by atoms with van der Waals surface area (Å²) < 4.78 is 37.6. The maximum Gasteiger partial charge on any atom is 0.415 e. The molecule has 1 atom stereocenters. The summed E-state index contributed by atoms with van der Waals surface area (Å²) in [5.41, 5.74) is 1.37. The van der Waals surface area contributed by atoms with E-state index in [1.165, 1.54) is 0 Å². The fourth-order valence-electron chi connectivity index (χ4n) is 1.99. The highest BCUT2D eigenvalue weighted by molar-refractivity contribution is 5.86. The van der Waals surface area contributed by atoms with Crippen LogP contribution in [0, 0.1) is 5.41 Å². The molecule has 0 bridgehead atoms. The van der Waals surface area contributed by atoms with E-state index in [1.54, 1.807) is 0 Å². The van der Waals surface area contributed by atoms with Crippen molar-refractivity contribution in [3.63, 3.8) is 0 Å². The number of amides is 1. The Morgan fingerprint density at radius 1 is 1.37 bits per heavy atom. The van der Waals surface area contributed by atoms with Gasteiger partial charge in [0.1, 0.15) is 0 Å². The van der Waals surface area contributed by atoms with Crippen molar-refractivity contribution in [2.24, 2.45) is 11.1 Å². The van der Waals surface area contributed by atoms with Crippen molar-refractivity contribution in [2.45, 2.75) is 44.3 Å². The van der Waals surface area contributed by atoms with E-state index in [0.717, 1.165) is 6.42 Å². The second-order valence-corrected chi connectivity index (χ2v) is 5.31. The summed E-state index contributed by atoms with van der Waals surface area (Å²) in [6, 6.07) is 0. The molecule has 1 amide bonds. The monoisotopic (exact) mass is 282 g/mol. The molecule has 0 aromatic heterocycles. The zero-order chi connectivity index (χ0) is 14.9. The minimum atomic E-state index is -4.85. The standard InChI is InChI=1S/C11H17F3N2O3/c1-9(15,11(12,13)14)8(19)16-6-10(3-2-4-10)5-7(17)18/h2-6,15H2,1H3,(H,16,19)(H,17,18). The number of halogens is 3. The van der Waals surface area contributed by atoms with Gasteiger partial charge in [0.2, 0.25) is 5.91 Å². The molecular weight excluding hydrogens is 265 g/mol. The Labute approximate surface area is 108 Å². The van der Waals surface area contributed by atoms with Gasteiger partial charge in [-0.3, -0.25) is 9.59 Å². The lowest BCUT2D eigenvalue weighted by molar-refractivity contribution is -0.188. The highest BCUT2D eigenvalue weighted by Gasteiger charge is 2.54. The van der Waals surface area contributed by atoms with Gasteiger partial charge in [0.15, 0.2) is 5.54 Å². The first kappa shape index (κ1) is 15.7. The number of alkyl halides is 3. The van der Waals surface area contributed by atoms with Crippen molar-refractivity contribution in [1.29, 1.82) is 0 Å². The fourth-order valence-corrected chi connectivity index (χ4v) is 1.99. The Morgan fingerprint density at radius 3 is 2.21 bits per heavy atom. The molecular formula is C11H17F3N2O3. The number of carbonyl (C=O) groups excluding carboxylic acids is 1. The molecule has 0 saturated heterocycles. The second kappa shape index (κ2) is 4.99. The third-order valence-electron chi connectivity index (χ3n) is 3.62. The molecule has 5 nitrogen and oxygen atoms in total. The van der Waals surface area contributed by atoms with E-state index in [1.807, 2.05) is 0 Å². The maximum absolute atomic E-state index is 12.5. The van der Waals surface area contributed by atoms with Crippen LogP contribution in [0.2, 0.25) is 0 Å². The topological polar surface area (TPSA) is 92.4 Å². The number of hydrogen-bond donors (Lipinski definition) is 3. The van der Waals surface area contributed by atoms with Gasteiger partial charge in [0, 0.05) is 6.54 Å². The molecule has 0 aromatic rings. The Morgan fingerprint density at radius 2 is 1.89 bits per heavy atom. The smallest absolute Gasteiger partial charge is 0.415 e. The fraction of sp³-hybridized carbons (Fsp3) is 0.818. The first-order valence-corrected chi connectivity index (χ1v) is 5.86. The van der Waals surface area contributed by atoms with Crippen molar-refractivity contribution in [3.8, 4) is 0 Å². The van der Waals surface area contributed by atoms with Crippen LogP contribution in [0.5, 0.6) is 0 Å². The Hall–Kier alpha value is -1.31. The van der Waals surface area contributed by atoms with Crippen LogP contribution >= 0.6 is 0 Å². The van der Waals surface area contributed by atoms with Crippen LogP contribution in [0.4, 0.5) is 13.2 Å². The minimum absolute atomic E-state index is 0.0962. The molecule has 1 saturated carbocycles. The Balaban J connectivity index is 2.61. The molecule has 4 N–H and O–H groups in total.